The minimum absolute atomic E-state index is 0.0889. The molecule has 5 N–H and O–H groups in total. The van der Waals surface area contributed by atoms with Gasteiger partial charge in [-0.05, 0) is 57.5 Å². The predicted molar refractivity (Wildman–Crippen MR) is 292 cm³/mol. The van der Waals surface area contributed by atoms with Gasteiger partial charge in [-0.2, -0.15) is 0 Å². The zero-order chi connectivity index (χ0) is 50.4. The van der Waals surface area contributed by atoms with Crippen LogP contribution in [0.5, 0.6) is 0 Å². The lowest BCUT2D eigenvalue weighted by molar-refractivity contribution is -0.137. The SMILES string of the molecule is O=C(O)CCCNC(=O)C(CSC(c1ccccc1)(c1ccccc1)c1ccccc1)NC(=O)C(Cc1ccccc1)NC(=O)CC(O)C=CCCSC(c1ccccc1)(c1ccccc1)c1ccccc1. The molecule has 3 atom stereocenters. The molecule has 7 rings (SSSR count). The van der Waals surface area contributed by atoms with Gasteiger partial charge in [-0.3, -0.25) is 19.2 Å². The fraction of sp³-hybridized carbons (Fsp3) is 0.213. The van der Waals surface area contributed by atoms with E-state index < -0.39 is 51.4 Å². The summed E-state index contributed by atoms with van der Waals surface area (Å²) in [7, 11) is 0. The normalized spacial score (nSPS) is 12.8. The Balaban J connectivity index is 1.08. The molecule has 0 radical (unpaired) electrons. The second-order valence-electron chi connectivity index (χ2n) is 17.4. The van der Waals surface area contributed by atoms with Crippen molar-refractivity contribution in [2.24, 2.45) is 0 Å². The number of amides is 3. The number of carbonyl (C=O) groups is 4. The average molecular weight is 996 g/mol. The number of thioether (sulfide) groups is 2. The number of carbonyl (C=O) groups excluding carboxylic acids is 3. The van der Waals surface area contributed by atoms with Gasteiger partial charge in [-0.25, -0.2) is 0 Å². The van der Waals surface area contributed by atoms with E-state index >= 15 is 0 Å². The number of aliphatic hydroxyl groups excluding tert-OH is 1. The number of carboxylic acid groups (broad SMARTS) is 1. The van der Waals surface area contributed by atoms with Gasteiger partial charge in [0, 0.05) is 25.1 Å². The molecule has 0 aliphatic carbocycles. The Morgan fingerprint density at radius 3 is 1.33 bits per heavy atom. The number of hydrogen-bond acceptors (Lipinski definition) is 7. The molecule has 0 saturated carbocycles. The summed E-state index contributed by atoms with van der Waals surface area (Å²) < 4.78 is -1.30. The molecule has 0 bridgehead atoms. The summed E-state index contributed by atoms with van der Waals surface area (Å²) in [6.07, 6.45) is 2.92. The first-order valence-corrected chi connectivity index (χ1v) is 26.2. The Bertz CT molecular complexity index is 2600. The van der Waals surface area contributed by atoms with Gasteiger partial charge in [-0.1, -0.05) is 224 Å². The number of rotatable bonds is 26. The highest BCUT2D eigenvalue weighted by Crippen LogP contribution is 2.50. The monoisotopic (exact) mass is 995 g/mol. The van der Waals surface area contributed by atoms with E-state index in [1.165, 1.54) is 11.8 Å². The molecule has 3 unspecified atom stereocenters. The lowest BCUT2D eigenvalue weighted by Crippen LogP contribution is -2.55. The standard InChI is InChI=1S/C61H61N3O6S2/c65-53(39-22-23-42-71-60(47-27-10-2-11-28-47,48-29-12-3-13-30-48)49-31-14-4-15-32-49)44-56(66)63-54(43-46-25-8-1-9-26-46)59(70)64-55(58(69)62-41-24-40-57(67)68)45-72-61(50-33-16-5-17-34-50,51-35-18-6-19-36-51)52-37-20-7-21-38-52/h1-22,25-39,53-55,65H,23-24,40-45H2,(H,62,69)(H,63,66)(H,64,70)(H,67,68). The summed E-state index contributed by atoms with van der Waals surface area (Å²) in [5.41, 5.74) is 7.17. The number of aliphatic hydroxyl groups is 1. The maximum atomic E-state index is 14.6. The Hall–Kier alpha value is -7.18. The van der Waals surface area contributed by atoms with Gasteiger partial charge >= 0.3 is 5.97 Å². The van der Waals surface area contributed by atoms with Crippen molar-refractivity contribution in [1.82, 2.24) is 16.0 Å². The van der Waals surface area contributed by atoms with E-state index in [-0.39, 0.29) is 38.0 Å². The molecule has 0 heterocycles. The van der Waals surface area contributed by atoms with Crippen molar-refractivity contribution in [2.45, 2.75) is 59.8 Å². The molecule has 7 aromatic rings. The third-order valence-electron chi connectivity index (χ3n) is 12.3. The minimum Gasteiger partial charge on any atom is -0.481 e. The van der Waals surface area contributed by atoms with E-state index in [2.05, 4.69) is 125 Å². The van der Waals surface area contributed by atoms with Crippen molar-refractivity contribution in [2.75, 3.05) is 18.1 Å². The second kappa shape index (κ2) is 26.9. The van der Waals surface area contributed by atoms with Gasteiger partial charge in [0.15, 0.2) is 0 Å². The van der Waals surface area contributed by atoms with Crippen molar-refractivity contribution in [1.29, 1.82) is 0 Å². The molecule has 11 heteroatoms. The summed E-state index contributed by atoms with van der Waals surface area (Å²) in [5.74, 6) is -1.76. The number of nitrogens with one attached hydrogen (secondary N) is 3. The van der Waals surface area contributed by atoms with Crippen LogP contribution in [0.15, 0.2) is 224 Å². The predicted octanol–water partition coefficient (Wildman–Crippen LogP) is 10.3. The Morgan fingerprint density at radius 2 is 0.917 bits per heavy atom. The van der Waals surface area contributed by atoms with Crippen LogP contribution >= 0.6 is 23.5 Å². The fourth-order valence-electron chi connectivity index (χ4n) is 8.88. The number of hydrogen-bond donors (Lipinski definition) is 5. The molecule has 7 aromatic carbocycles. The lowest BCUT2D eigenvalue weighted by Gasteiger charge is -2.36. The second-order valence-corrected chi connectivity index (χ2v) is 19.9. The van der Waals surface area contributed by atoms with Crippen molar-refractivity contribution in [3.05, 3.63) is 263 Å². The van der Waals surface area contributed by atoms with Gasteiger partial charge in [0.2, 0.25) is 17.7 Å². The third-order valence-corrected chi connectivity index (χ3v) is 15.6. The van der Waals surface area contributed by atoms with E-state index in [9.17, 15) is 29.4 Å². The largest absolute Gasteiger partial charge is 0.481 e. The van der Waals surface area contributed by atoms with Crippen LogP contribution < -0.4 is 16.0 Å². The number of carboxylic acids is 1. The van der Waals surface area contributed by atoms with Crippen LogP contribution in [0.1, 0.15) is 64.6 Å². The summed E-state index contributed by atoms with van der Waals surface area (Å²) in [5, 5.41) is 29.2. The quantitative estimate of drug-likeness (QED) is 0.0205. The van der Waals surface area contributed by atoms with Crippen LogP contribution in [0, 0.1) is 0 Å². The van der Waals surface area contributed by atoms with Crippen molar-refractivity contribution >= 4 is 47.2 Å². The van der Waals surface area contributed by atoms with Gasteiger partial charge in [0.05, 0.1) is 22.0 Å². The highest BCUT2D eigenvalue weighted by Gasteiger charge is 2.40. The van der Waals surface area contributed by atoms with Crippen LogP contribution in [-0.4, -0.2) is 70.1 Å². The summed E-state index contributed by atoms with van der Waals surface area (Å²) >= 11 is 3.31. The Kier molecular flexibility index (Phi) is 19.6. The molecular formula is C61H61N3O6S2. The van der Waals surface area contributed by atoms with Crippen LogP contribution in [0.3, 0.4) is 0 Å². The van der Waals surface area contributed by atoms with E-state index in [4.69, 9.17) is 0 Å². The topological polar surface area (TPSA) is 145 Å². The third kappa shape index (κ3) is 14.0. The maximum absolute atomic E-state index is 14.6. The summed E-state index contributed by atoms with van der Waals surface area (Å²) in [4.78, 5) is 53.9. The van der Waals surface area contributed by atoms with Crippen LogP contribution in [0.2, 0.25) is 0 Å². The number of aliphatic carboxylic acids is 1. The smallest absolute Gasteiger partial charge is 0.303 e. The molecule has 0 aromatic heterocycles. The fourth-order valence-corrected chi connectivity index (χ4v) is 11.9. The first-order valence-electron chi connectivity index (χ1n) is 24.3. The average Bonchev–Trinajstić information content (AvgIpc) is 3.42. The van der Waals surface area contributed by atoms with E-state index in [0.29, 0.717) is 12.2 Å². The van der Waals surface area contributed by atoms with Crippen LogP contribution in [-0.2, 0) is 35.1 Å². The molecule has 0 saturated heterocycles. The van der Waals surface area contributed by atoms with Crippen LogP contribution in [0.4, 0.5) is 0 Å². The lowest BCUT2D eigenvalue weighted by atomic mass is 9.84. The first-order chi connectivity index (χ1) is 35.2. The molecule has 0 aliphatic rings. The van der Waals surface area contributed by atoms with E-state index in [0.717, 1.165) is 38.9 Å². The summed E-state index contributed by atoms with van der Waals surface area (Å²) in [6, 6.07) is 68.4. The van der Waals surface area contributed by atoms with Gasteiger partial charge in [0.25, 0.3) is 0 Å². The zero-order valence-corrected chi connectivity index (χ0v) is 41.7. The number of allylic oxidation sites excluding steroid dienone is 1. The van der Waals surface area contributed by atoms with Gasteiger partial charge in [0.1, 0.15) is 12.1 Å². The Labute approximate surface area is 431 Å². The van der Waals surface area contributed by atoms with Crippen molar-refractivity contribution in [3.63, 3.8) is 0 Å². The highest BCUT2D eigenvalue weighted by atomic mass is 32.2. The van der Waals surface area contributed by atoms with Gasteiger partial charge in [-0.15, -0.1) is 23.5 Å². The molecule has 368 valence electrons. The highest BCUT2D eigenvalue weighted by molar-refractivity contribution is 8.00. The van der Waals surface area contributed by atoms with E-state index in [1.807, 2.05) is 121 Å². The zero-order valence-electron chi connectivity index (χ0n) is 40.1. The molecule has 9 nitrogen and oxygen atoms in total. The molecule has 72 heavy (non-hydrogen) atoms. The van der Waals surface area contributed by atoms with Crippen LogP contribution in [0.25, 0.3) is 0 Å². The van der Waals surface area contributed by atoms with Crippen molar-refractivity contribution < 1.29 is 29.4 Å². The molecule has 0 spiro atoms. The molecule has 0 aliphatic heterocycles. The number of benzene rings is 7. The molecular weight excluding hydrogens is 935 g/mol. The first kappa shape index (κ1) is 52.6. The van der Waals surface area contributed by atoms with Gasteiger partial charge < -0.3 is 26.2 Å². The molecule has 0 fully saturated rings. The minimum atomic E-state index is -1.12. The van der Waals surface area contributed by atoms with E-state index in [1.54, 1.807) is 6.08 Å². The summed E-state index contributed by atoms with van der Waals surface area (Å²) in [6.45, 7) is 0.0889. The maximum Gasteiger partial charge on any atom is 0.303 e. The molecule has 3 amide bonds. The van der Waals surface area contributed by atoms with Crippen molar-refractivity contribution in [3.8, 4) is 0 Å². The Morgan fingerprint density at radius 1 is 0.514 bits per heavy atom.